The van der Waals surface area contributed by atoms with Crippen LogP contribution in [0.1, 0.15) is 45.4 Å². The Bertz CT molecular complexity index is 226. The number of carbonyl (C=O) groups is 1. The van der Waals surface area contributed by atoms with Crippen LogP contribution in [0.25, 0.3) is 0 Å². The van der Waals surface area contributed by atoms with Gasteiger partial charge in [0.05, 0.1) is 6.07 Å². The second-order valence-electron chi connectivity index (χ2n) is 3.96. The van der Waals surface area contributed by atoms with Gasteiger partial charge in [0, 0.05) is 6.04 Å². The highest BCUT2D eigenvalue weighted by Crippen LogP contribution is 2.18. The van der Waals surface area contributed by atoms with Gasteiger partial charge in [-0.3, -0.25) is 4.79 Å². The zero-order chi connectivity index (χ0) is 10.4. The monoisotopic (exact) mass is 194 g/mol. The highest BCUT2D eigenvalue weighted by Gasteiger charge is 2.22. The number of nitriles is 1. The normalized spacial score (nSPS) is 18.9. The van der Waals surface area contributed by atoms with Gasteiger partial charge in [-0.05, 0) is 19.3 Å². The minimum atomic E-state index is -0.444. The Balaban J connectivity index is 2.35. The minimum absolute atomic E-state index is 0.0683. The standard InChI is InChI=1S/C11H18N2O/c1-2-5-9(8-12)11(14)13-10-6-3-4-7-10/h9-10H,2-7H2,1H3,(H,13,14). The third-order valence-electron chi connectivity index (χ3n) is 2.75. The average molecular weight is 194 g/mol. The summed E-state index contributed by atoms with van der Waals surface area (Å²) >= 11 is 0. The fraction of sp³-hybridized carbons (Fsp3) is 0.818. The predicted molar refractivity (Wildman–Crippen MR) is 54.4 cm³/mol. The van der Waals surface area contributed by atoms with E-state index in [1.807, 2.05) is 6.92 Å². The first-order valence-corrected chi connectivity index (χ1v) is 5.48. The molecule has 1 rings (SSSR count). The SMILES string of the molecule is CCCC(C#N)C(=O)NC1CCCC1. The van der Waals surface area contributed by atoms with E-state index in [1.165, 1.54) is 12.8 Å². The molecule has 0 aliphatic heterocycles. The Morgan fingerprint density at radius 1 is 1.57 bits per heavy atom. The summed E-state index contributed by atoms with van der Waals surface area (Å²) in [5.74, 6) is -0.512. The van der Waals surface area contributed by atoms with Crippen LogP contribution < -0.4 is 5.32 Å². The Kier molecular flexibility index (Phi) is 4.45. The fourth-order valence-corrected chi connectivity index (χ4v) is 1.91. The lowest BCUT2D eigenvalue weighted by atomic mass is 10.0. The molecule has 0 aromatic heterocycles. The minimum Gasteiger partial charge on any atom is -0.352 e. The molecule has 0 aromatic carbocycles. The summed E-state index contributed by atoms with van der Waals surface area (Å²) in [5, 5.41) is 11.7. The number of carbonyl (C=O) groups excluding carboxylic acids is 1. The predicted octanol–water partition coefficient (Wildman–Crippen LogP) is 1.99. The molecule has 0 bridgehead atoms. The summed E-state index contributed by atoms with van der Waals surface area (Å²) in [4.78, 5) is 11.6. The zero-order valence-corrected chi connectivity index (χ0v) is 8.75. The van der Waals surface area contributed by atoms with Gasteiger partial charge in [0.15, 0.2) is 0 Å². The van der Waals surface area contributed by atoms with E-state index in [0.717, 1.165) is 19.3 Å². The highest BCUT2D eigenvalue weighted by molar-refractivity contribution is 5.81. The molecule has 1 saturated carbocycles. The first-order chi connectivity index (χ1) is 6.77. The lowest BCUT2D eigenvalue weighted by Gasteiger charge is -2.14. The van der Waals surface area contributed by atoms with Gasteiger partial charge < -0.3 is 5.32 Å². The Hall–Kier alpha value is -1.04. The molecule has 1 aliphatic carbocycles. The molecule has 0 radical (unpaired) electrons. The van der Waals surface area contributed by atoms with Crippen molar-refractivity contribution in [1.82, 2.24) is 5.32 Å². The fourth-order valence-electron chi connectivity index (χ4n) is 1.91. The van der Waals surface area contributed by atoms with Crippen molar-refractivity contribution in [2.45, 2.75) is 51.5 Å². The molecule has 3 heteroatoms. The second-order valence-corrected chi connectivity index (χ2v) is 3.96. The number of amides is 1. The average Bonchev–Trinajstić information content (AvgIpc) is 2.66. The van der Waals surface area contributed by atoms with E-state index < -0.39 is 5.92 Å². The van der Waals surface area contributed by atoms with Crippen LogP contribution in [-0.4, -0.2) is 11.9 Å². The molecule has 0 spiro atoms. The van der Waals surface area contributed by atoms with Crippen LogP contribution >= 0.6 is 0 Å². The summed E-state index contributed by atoms with van der Waals surface area (Å²) in [7, 11) is 0. The third kappa shape index (κ3) is 3.02. The molecule has 0 heterocycles. The molecule has 3 nitrogen and oxygen atoms in total. The summed E-state index contributed by atoms with van der Waals surface area (Å²) in [5.41, 5.74) is 0. The summed E-state index contributed by atoms with van der Waals surface area (Å²) in [6, 6.07) is 2.39. The van der Waals surface area contributed by atoms with Crippen LogP contribution in [0.3, 0.4) is 0 Å². The van der Waals surface area contributed by atoms with Crippen molar-refractivity contribution >= 4 is 5.91 Å². The van der Waals surface area contributed by atoms with Gasteiger partial charge in [-0.1, -0.05) is 26.2 Å². The smallest absolute Gasteiger partial charge is 0.237 e. The van der Waals surface area contributed by atoms with E-state index in [9.17, 15) is 4.79 Å². The van der Waals surface area contributed by atoms with Gasteiger partial charge in [0.1, 0.15) is 5.92 Å². The van der Waals surface area contributed by atoms with Gasteiger partial charge in [-0.15, -0.1) is 0 Å². The number of nitrogens with one attached hydrogen (secondary N) is 1. The van der Waals surface area contributed by atoms with Gasteiger partial charge in [0.2, 0.25) is 5.91 Å². The molecule has 14 heavy (non-hydrogen) atoms. The lowest BCUT2D eigenvalue weighted by molar-refractivity contribution is -0.124. The van der Waals surface area contributed by atoms with E-state index in [1.54, 1.807) is 0 Å². The summed E-state index contributed by atoms with van der Waals surface area (Å²) in [6.07, 6.45) is 6.13. The molecule has 78 valence electrons. The number of hydrogen-bond acceptors (Lipinski definition) is 2. The van der Waals surface area contributed by atoms with Crippen LogP contribution in [0.4, 0.5) is 0 Å². The molecule has 1 unspecified atom stereocenters. The Labute approximate surface area is 85.5 Å². The molecule has 1 fully saturated rings. The second kappa shape index (κ2) is 5.64. The number of hydrogen-bond donors (Lipinski definition) is 1. The largest absolute Gasteiger partial charge is 0.352 e. The summed E-state index contributed by atoms with van der Waals surface area (Å²) in [6.45, 7) is 1.99. The first-order valence-electron chi connectivity index (χ1n) is 5.48. The van der Waals surface area contributed by atoms with E-state index >= 15 is 0 Å². The number of nitrogens with zero attached hydrogens (tertiary/aromatic N) is 1. The maximum atomic E-state index is 11.6. The maximum Gasteiger partial charge on any atom is 0.237 e. The molecule has 0 saturated heterocycles. The zero-order valence-electron chi connectivity index (χ0n) is 8.75. The van der Waals surface area contributed by atoms with Crippen LogP contribution in [-0.2, 0) is 4.79 Å². The van der Waals surface area contributed by atoms with Crippen molar-refractivity contribution in [1.29, 1.82) is 5.26 Å². The van der Waals surface area contributed by atoms with E-state index in [2.05, 4.69) is 11.4 Å². The number of rotatable bonds is 4. The molecular formula is C11H18N2O. The van der Waals surface area contributed by atoms with Gasteiger partial charge in [-0.2, -0.15) is 5.26 Å². The van der Waals surface area contributed by atoms with Crippen molar-refractivity contribution in [3.05, 3.63) is 0 Å². The molecular weight excluding hydrogens is 176 g/mol. The molecule has 0 aromatic rings. The van der Waals surface area contributed by atoms with Gasteiger partial charge in [0.25, 0.3) is 0 Å². The maximum absolute atomic E-state index is 11.6. The van der Waals surface area contributed by atoms with E-state index in [0.29, 0.717) is 12.5 Å². The van der Waals surface area contributed by atoms with Gasteiger partial charge >= 0.3 is 0 Å². The van der Waals surface area contributed by atoms with Crippen molar-refractivity contribution in [3.63, 3.8) is 0 Å². The van der Waals surface area contributed by atoms with Crippen LogP contribution in [0.15, 0.2) is 0 Å². The molecule has 1 amide bonds. The van der Waals surface area contributed by atoms with E-state index in [-0.39, 0.29) is 5.91 Å². The highest BCUT2D eigenvalue weighted by atomic mass is 16.1. The molecule has 1 aliphatic rings. The van der Waals surface area contributed by atoms with Crippen LogP contribution in [0, 0.1) is 17.2 Å². The lowest BCUT2D eigenvalue weighted by Crippen LogP contribution is -2.36. The molecule has 1 N–H and O–H groups in total. The third-order valence-corrected chi connectivity index (χ3v) is 2.75. The first kappa shape index (κ1) is 11.0. The Morgan fingerprint density at radius 3 is 2.71 bits per heavy atom. The van der Waals surface area contributed by atoms with Crippen LogP contribution in [0.2, 0.25) is 0 Å². The van der Waals surface area contributed by atoms with Crippen LogP contribution in [0.5, 0.6) is 0 Å². The van der Waals surface area contributed by atoms with Crippen molar-refractivity contribution in [3.8, 4) is 6.07 Å². The van der Waals surface area contributed by atoms with Crippen molar-refractivity contribution in [2.24, 2.45) is 5.92 Å². The quantitative estimate of drug-likeness (QED) is 0.744. The topological polar surface area (TPSA) is 52.9 Å². The summed E-state index contributed by atoms with van der Waals surface area (Å²) < 4.78 is 0. The van der Waals surface area contributed by atoms with Crippen molar-refractivity contribution in [2.75, 3.05) is 0 Å². The van der Waals surface area contributed by atoms with Crippen molar-refractivity contribution < 1.29 is 4.79 Å². The van der Waals surface area contributed by atoms with E-state index in [4.69, 9.17) is 5.26 Å². The molecule has 1 atom stereocenters. The van der Waals surface area contributed by atoms with Gasteiger partial charge in [-0.25, -0.2) is 0 Å². The Morgan fingerprint density at radius 2 is 2.21 bits per heavy atom.